The van der Waals surface area contributed by atoms with Crippen LogP contribution < -0.4 is 15.4 Å². The topological polar surface area (TPSA) is 33.3 Å². The van der Waals surface area contributed by atoms with Crippen molar-refractivity contribution in [3.05, 3.63) is 22.7 Å². The number of ether oxygens (including phenoxy) is 1. The van der Waals surface area contributed by atoms with Crippen LogP contribution in [-0.2, 0) is 0 Å². The Labute approximate surface area is 114 Å². The third-order valence-corrected chi connectivity index (χ3v) is 3.82. The van der Waals surface area contributed by atoms with E-state index in [1.807, 2.05) is 12.1 Å². The van der Waals surface area contributed by atoms with Gasteiger partial charge in [0.05, 0.1) is 12.1 Å². The third kappa shape index (κ3) is 3.30. The largest absolute Gasteiger partial charge is 0.495 e. The first-order valence-electron chi connectivity index (χ1n) is 6.49. The van der Waals surface area contributed by atoms with Gasteiger partial charge in [0.2, 0.25) is 0 Å². The predicted molar refractivity (Wildman–Crippen MR) is 76.8 cm³/mol. The molecule has 0 amide bonds. The highest BCUT2D eigenvalue weighted by Gasteiger charge is 2.13. The van der Waals surface area contributed by atoms with Gasteiger partial charge in [-0.15, -0.1) is 0 Å². The van der Waals surface area contributed by atoms with E-state index in [4.69, 9.17) is 16.3 Å². The zero-order valence-electron chi connectivity index (χ0n) is 11.1. The average molecular weight is 269 g/mol. The van der Waals surface area contributed by atoms with Gasteiger partial charge in [-0.1, -0.05) is 11.6 Å². The van der Waals surface area contributed by atoms with Crippen molar-refractivity contribution in [2.75, 3.05) is 32.1 Å². The normalized spacial score (nSPS) is 18.9. The van der Waals surface area contributed by atoms with E-state index in [2.05, 4.69) is 17.6 Å². The minimum atomic E-state index is 0.660. The summed E-state index contributed by atoms with van der Waals surface area (Å²) in [4.78, 5) is 0. The Morgan fingerprint density at radius 3 is 3.00 bits per heavy atom. The van der Waals surface area contributed by atoms with Crippen LogP contribution in [0.5, 0.6) is 5.75 Å². The van der Waals surface area contributed by atoms with E-state index in [0.29, 0.717) is 5.02 Å². The van der Waals surface area contributed by atoms with Gasteiger partial charge in [0.25, 0.3) is 0 Å². The van der Waals surface area contributed by atoms with E-state index < -0.39 is 0 Å². The fraction of sp³-hybridized carbons (Fsp3) is 0.571. The molecule has 1 atom stereocenters. The lowest BCUT2D eigenvalue weighted by atomic mass is 10.1. The highest BCUT2D eigenvalue weighted by atomic mass is 35.5. The number of hydrogen-bond acceptors (Lipinski definition) is 3. The molecule has 0 spiro atoms. The van der Waals surface area contributed by atoms with Crippen LogP contribution in [0.4, 0.5) is 5.69 Å². The zero-order valence-corrected chi connectivity index (χ0v) is 11.8. The van der Waals surface area contributed by atoms with Crippen molar-refractivity contribution in [1.82, 2.24) is 5.32 Å². The maximum atomic E-state index is 6.13. The molecule has 1 aliphatic rings. The van der Waals surface area contributed by atoms with Crippen LogP contribution in [0.25, 0.3) is 0 Å². The maximum absolute atomic E-state index is 6.13. The third-order valence-electron chi connectivity index (χ3n) is 3.53. The van der Waals surface area contributed by atoms with Gasteiger partial charge in [-0.25, -0.2) is 0 Å². The Kier molecular flexibility index (Phi) is 4.72. The number of aryl methyl sites for hydroxylation is 1. The molecule has 0 saturated carbocycles. The van der Waals surface area contributed by atoms with Crippen molar-refractivity contribution < 1.29 is 4.74 Å². The first-order chi connectivity index (χ1) is 8.70. The molecule has 0 aliphatic carbocycles. The van der Waals surface area contributed by atoms with Crippen molar-refractivity contribution in [2.45, 2.75) is 19.8 Å². The predicted octanol–water partition coefficient (Wildman–Crippen LogP) is 3.07. The summed E-state index contributed by atoms with van der Waals surface area (Å²) in [6.07, 6.45) is 2.50. The van der Waals surface area contributed by atoms with Gasteiger partial charge in [0.1, 0.15) is 5.75 Å². The maximum Gasteiger partial charge on any atom is 0.137 e. The number of methoxy groups -OCH3 is 1. The van der Waals surface area contributed by atoms with Gasteiger partial charge in [0.15, 0.2) is 0 Å². The Hall–Kier alpha value is -0.930. The van der Waals surface area contributed by atoms with Crippen LogP contribution in [0.3, 0.4) is 0 Å². The number of nitrogens with one attached hydrogen (secondary N) is 2. The molecule has 18 heavy (non-hydrogen) atoms. The number of halogens is 1. The highest BCUT2D eigenvalue weighted by molar-refractivity contribution is 6.32. The summed E-state index contributed by atoms with van der Waals surface area (Å²) in [5, 5.41) is 7.52. The van der Waals surface area contributed by atoms with Crippen LogP contribution in [0.15, 0.2) is 12.1 Å². The summed E-state index contributed by atoms with van der Waals surface area (Å²) >= 11 is 6.13. The molecule has 1 aromatic carbocycles. The molecule has 1 saturated heterocycles. The van der Waals surface area contributed by atoms with Crippen molar-refractivity contribution >= 4 is 17.3 Å². The first-order valence-corrected chi connectivity index (χ1v) is 6.87. The second-order valence-corrected chi connectivity index (χ2v) is 5.28. The minimum absolute atomic E-state index is 0.660. The van der Waals surface area contributed by atoms with Gasteiger partial charge in [-0.2, -0.15) is 0 Å². The molecule has 1 unspecified atom stereocenters. The Bertz CT molecular complexity index is 403. The summed E-state index contributed by atoms with van der Waals surface area (Å²) in [6.45, 7) is 5.39. The summed E-state index contributed by atoms with van der Waals surface area (Å²) in [7, 11) is 1.64. The fourth-order valence-electron chi connectivity index (χ4n) is 2.37. The van der Waals surface area contributed by atoms with Crippen molar-refractivity contribution in [3.8, 4) is 5.75 Å². The summed E-state index contributed by atoms with van der Waals surface area (Å²) in [6, 6.07) is 3.92. The molecule has 1 heterocycles. The van der Waals surface area contributed by atoms with E-state index in [-0.39, 0.29) is 0 Å². The molecule has 3 nitrogen and oxygen atoms in total. The van der Waals surface area contributed by atoms with Gasteiger partial charge in [-0.05, 0) is 56.5 Å². The summed E-state index contributed by atoms with van der Waals surface area (Å²) in [5.74, 6) is 1.55. The van der Waals surface area contributed by atoms with Crippen LogP contribution >= 0.6 is 11.6 Å². The second kappa shape index (κ2) is 6.30. The van der Waals surface area contributed by atoms with E-state index >= 15 is 0 Å². The summed E-state index contributed by atoms with van der Waals surface area (Å²) in [5.41, 5.74) is 2.27. The lowest BCUT2D eigenvalue weighted by Crippen LogP contribution is -2.13. The molecule has 2 N–H and O–H groups in total. The minimum Gasteiger partial charge on any atom is -0.495 e. The number of hydrogen-bond donors (Lipinski definition) is 2. The van der Waals surface area contributed by atoms with Crippen LogP contribution in [0.2, 0.25) is 5.02 Å². The monoisotopic (exact) mass is 268 g/mol. The lowest BCUT2D eigenvalue weighted by molar-refractivity contribution is 0.415. The number of benzene rings is 1. The molecule has 1 aliphatic heterocycles. The highest BCUT2D eigenvalue weighted by Crippen LogP contribution is 2.30. The Morgan fingerprint density at radius 2 is 2.33 bits per heavy atom. The molecule has 0 aromatic heterocycles. The standard InChI is InChI=1S/C14H21ClN2O/c1-10-7-14(18-2)12(15)8-13(10)17-6-4-11-3-5-16-9-11/h7-8,11,16-17H,3-6,9H2,1-2H3. The van der Waals surface area contributed by atoms with Crippen molar-refractivity contribution in [2.24, 2.45) is 5.92 Å². The number of rotatable bonds is 5. The smallest absolute Gasteiger partial charge is 0.137 e. The van der Waals surface area contributed by atoms with Gasteiger partial charge >= 0.3 is 0 Å². The van der Waals surface area contributed by atoms with Gasteiger partial charge in [0, 0.05) is 12.2 Å². The van der Waals surface area contributed by atoms with E-state index in [1.54, 1.807) is 7.11 Å². The van der Waals surface area contributed by atoms with Gasteiger partial charge < -0.3 is 15.4 Å². The van der Waals surface area contributed by atoms with E-state index in [1.165, 1.54) is 18.4 Å². The van der Waals surface area contributed by atoms with Crippen LogP contribution in [-0.4, -0.2) is 26.7 Å². The Balaban J connectivity index is 1.90. The number of anilines is 1. The summed E-state index contributed by atoms with van der Waals surface area (Å²) < 4.78 is 5.20. The molecule has 0 bridgehead atoms. The van der Waals surface area contributed by atoms with Crippen LogP contribution in [0.1, 0.15) is 18.4 Å². The SMILES string of the molecule is COc1cc(C)c(NCCC2CCNC2)cc1Cl. The molecular weight excluding hydrogens is 248 g/mol. The molecule has 1 fully saturated rings. The molecule has 4 heteroatoms. The Morgan fingerprint density at radius 1 is 1.50 bits per heavy atom. The zero-order chi connectivity index (χ0) is 13.0. The average Bonchev–Trinajstić information content (AvgIpc) is 2.86. The van der Waals surface area contributed by atoms with E-state index in [9.17, 15) is 0 Å². The fourth-order valence-corrected chi connectivity index (χ4v) is 2.61. The van der Waals surface area contributed by atoms with Crippen molar-refractivity contribution in [3.63, 3.8) is 0 Å². The quantitative estimate of drug-likeness (QED) is 0.861. The van der Waals surface area contributed by atoms with Gasteiger partial charge in [-0.3, -0.25) is 0 Å². The molecule has 0 radical (unpaired) electrons. The van der Waals surface area contributed by atoms with Crippen molar-refractivity contribution in [1.29, 1.82) is 0 Å². The van der Waals surface area contributed by atoms with Crippen LogP contribution in [0, 0.1) is 12.8 Å². The molecular formula is C14H21ClN2O. The lowest BCUT2D eigenvalue weighted by Gasteiger charge is -2.14. The molecule has 1 aromatic rings. The second-order valence-electron chi connectivity index (χ2n) is 4.88. The molecule has 2 rings (SSSR count). The van der Waals surface area contributed by atoms with E-state index in [0.717, 1.165) is 37.0 Å². The molecule has 100 valence electrons. The first kappa shape index (κ1) is 13.5.